The normalized spacial score (nSPS) is 11.5. The fourth-order valence-corrected chi connectivity index (χ4v) is 16.4. The van der Waals surface area contributed by atoms with Crippen LogP contribution < -0.4 is 4.84 Å². The van der Waals surface area contributed by atoms with E-state index in [1.807, 2.05) is 36.4 Å². The van der Waals surface area contributed by atoms with Gasteiger partial charge in [-0.05, 0) is 169 Å². The van der Waals surface area contributed by atoms with Gasteiger partial charge in [0.05, 0.1) is 35.2 Å². The number of carbonyl (C=O) groups excluding carboxylic acids is 4. The van der Waals surface area contributed by atoms with Crippen LogP contribution in [0.4, 0.5) is 0 Å². The van der Waals surface area contributed by atoms with Crippen molar-refractivity contribution in [3.8, 4) is 0 Å². The van der Waals surface area contributed by atoms with Gasteiger partial charge in [0.2, 0.25) is 0 Å². The fourth-order valence-electron chi connectivity index (χ4n) is 16.4. The summed E-state index contributed by atoms with van der Waals surface area (Å²) >= 11 is 0. The third-order valence-electron chi connectivity index (χ3n) is 21.6. The van der Waals surface area contributed by atoms with Crippen molar-refractivity contribution in [3.63, 3.8) is 0 Å². The lowest BCUT2D eigenvalue weighted by atomic mass is 10.00. The van der Waals surface area contributed by atoms with Crippen molar-refractivity contribution in [2.45, 2.75) is 53.9 Å². The molecule has 0 saturated heterocycles. The Hall–Kier alpha value is -14.4. The van der Waals surface area contributed by atoms with Crippen molar-refractivity contribution in [2.24, 2.45) is 0 Å². The SMILES string of the molecule is C=C(C)C(=O)OCCCn1c2ccc3ccccc3c2c2c3ccccc3ccc21.C=C(C)C(=O)OCCn1c2ccc3ccccc3c2c2c3ccccc3ccc21.C=C(C)C(=O)OCn1c2ccc3ccccc3c2c2c3ccccc3ccc21.C=C(C)C(=O)On1c2ccc3ccccc3c2c2c3ccccc3ccc21. The first kappa shape index (κ1) is 72.5. The van der Waals surface area contributed by atoms with Gasteiger partial charge >= 0.3 is 23.9 Å². The molecule has 0 aliphatic heterocycles. The number of nitrogens with zero attached hydrogens (tertiary/aromatic N) is 4. The zero-order valence-electron chi connectivity index (χ0n) is 63.8. The second kappa shape index (κ2) is 30.5. The molecule has 0 amide bonds. The smallest absolute Gasteiger partial charge is 0.358 e. The maximum atomic E-state index is 12.3. The quantitative estimate of drug-likeness (QED) is 0.0456. The van der Waals surface area contributed by atoms with E-state index in [0.717, 1.165) is 78.4 Å². The van der Waals surface area contributed by atoms with E-state index in [2.05, 4.69) is 295 Å². The highest BCUT2D eigenvalue weighted by atomic mass is 16.7. The number of esters is 3. The number of fused-ring (bicyclic) bond motifs is 28. The Morgan fingerprint density at radius 1 is 0.246 bits per heavy atom. The van der Waals surface area contributed by atoms with Crippen LogP contribution in [0.3, 0.4) is 0 Å². The first-order valence-corrected chi connectivity index (χ1v) is 38.2. The van der Waals surface area contributed by atoms with E-state index in [-0.39, 0.29) is 24.6 Å². The standard InChI is InChI=1S/C27H23NO2.C26H21NO2.C25H19NO2.C24H17NO2/c1-18(2)27(29)30-17-7-16-28-23-14-12-19-8-3-5-10-21(19)25(23)26-22-11-6-4-9-20(22)13-15-24(26)28;1-17(2)26(28)29-16-15-27-22-13-11-18-7-3-5-9-20(18)24(22)25-21-10-6-4-8-19(21)12-14-23(25)27;1-16(2)25(27)28-15-26-21-13-11-17-7-3-5-9-19(17)23(21)24-20-10-6-4-8-18(20)12-14-22(24)26;1-15(2)24(26)27-25-20-13-11-16-7-3-5-9-18(16)22(20)23-19-10-6-4-8-17(19)12-14-21(23)25/h3-6,8-15H,1,7,16-17H2,2H3;3-14H,1,15-16H2,2H3;3-14H,1,15H2,2H3;3-14H,1H2,2H3. The zero-order chi connectivity index (χ0) is 78.4. The third-order valence-corrected chi connectivity index (χ3v) is 21.6. The van der Waals surface area contributed by atoms with E-state index in [0.29, 0.717) is 42.1 Å². The van der Waals surface area contributed by atoms with Crippen molar-refractivity contribution in [3.05, 3.63) is 340 Å². The summed E-state index contributed by atoms with van der Waals surface area (Å²) in [6, 6.07) is 102. The van der Waals surface area contributed by atoms with Gasteiger partial charge in [-0.15, -0.1) is 0 Å². The summed E-state index contributed by atoms with van der Waals surface area (Å²) in [6.07, 6.45) is 0.748. The maximum Gasteiger partial charge on any atom is 0.358 e. The Labute approximate surface area is 657 Å². The van der Waals surface area contributed by atoms with Gasteiger partial charge in [-0.3, -0.25) is 0 Å². The van der Waals surface area contributed by atoms with Gasteiger partial charge in [-0.1, -0.05) is 269 Å². The molecule has 20 rings (SSSR count). The topological polar surface area (TPSA) is 125 Å². The largest absolute Gasteiger partial charge is 0.462 e. The molecule has 0 N–H and O–H groups in total. The van der Waals surface area contributed by atoms with Crippen molar-refractivity contribution >= 4 is 197 Å². The predicted molar refractivity (Wildman–Crippen MR) is 471 cm³/mol. The molecule has 114 heavy (non-hydrogen) atoms. The van der Waals surface area contributed by atoms with E-state index in [9.17, 15) is 19.2 Å². The Kier molecular flexibility index (Phi) is 19.4. The van der Waals surface area contributed by atoms with Crippen molar-refractivity contribution in [1.82, 2.24) is 18.4 Å². The minimum absolute atomic E-state index is 0.155. The van der Waals surface area contributed by atoms with E-state index < -0.39 is 5.97 Å². The molecule has 0 spiro atoms. The lowest BCUT2D eigenvalue weighted by Crippen LogP contribution is -2.19. The number of rotatable bonds is 14. The molecule has 0 bridgehead atoms. The van der Waals surface area contributed by atoms with Crippen LogP contribution in [0.25, 0.3) is 173 Å². The molecular weight excluding hydrogens is 1410 g/mol. The minimum atomic E-state index is -0.435. The number of ether oxygens (including phenoxy) is 3. The number of benzene rings is 16. The second-order valence-electron chi connectivity index (χ2n) is 29.2. The molecule has 12 nitrogen and oxygen atoms in total. The molecule has 0 aliphatic carbocycles. The number of carbonyl (C=O) groups is 4. The van der Waals surface area contributed by atoms with Crippen LogP contribution in [-0.2, 0) is 53.2 Å². The van der Waals surface area contributed by atoms with Crippen molar-refractivity contribution < 1.29 is 38.2 Å². The summed E-state index contributed by atoms with van der Waals surface area (Å²) in [5, 5.41) is 29.0. The highest BCUT2D eigenvalue weighted by Crippen LogP contribution is 2.44. The average Bonchev–Trinajstić information content (AvgIpc) is 1.59. The van der Waals surface area contributed by atoms with Crippen LogP contribution in [0.2, 0.25) is 0 Å². The molecule has 4 heterocycles. The van der Waals surface area contributed by atoms with Crippen molar-refractivity contribution in [1.29, 1.82) is 0 Å². The molecule has 0 saturated carbocycles. The first-order valence-electron chi connectivity index (χ1n) is 38.2. The summed E-state index contributed by atoms with van der Waals surface area (Å²) < 4.78 is 24.5. The van der Waals surface area contributed by atoms with Gasteiger partial charge in [0, 0.05) is 94.0 Å². The van der Waals surface area contributed by atoms with Gasteiger partial charge in [-0.25, -0.2) is 19.2 Å². The van der Waals surface area contributed by atoms with Gasteiger partial charge in [-0.2, -0.15) is 4.73 Å². The fraction of sp³-hybridized carbons (Fsp3) is 0.0980. The van der Waals surface area contributed by atoms with Crippen LogP contribution in [0.5, 0.6) is 0 Å². The van der Waals surface area contributed by atoms with Gasteiger partial charge in [0.15, 0.2) is 6.73 Å². The Morgan fingerprint density at radius 3 is 0.737 bits per heavy atom. The van der Waals surface area contributed by atoms with E-state index in [1.165, 1.54) is 108 Å². The van der Waals surface area contributed by atoms with Crippen molar-refractivity contribution in [2.75, 3.05) is 13.2 Å². The summed E-state index contributed by atoms with van der Waals surface area (Å²) in [4.78, 5) is 53.5. The molecule has 556 valence electrons. The second-order valence-corrected chi connectivity index (χ2v) is 29.2. The Balaban J connectivity index is 0.000000110. The van der Waals surface area contributed by atoms with E-state index in [1.54, 1.807) is 32.4 Å². The lowest BCUT2D eigenvalue weighted by molar-refractivity contribution is -0.142. The third kappa shape index (κ3) is 13.1. The van der Waals surface area contributed by atoms with E-state index >= 15 is 0 Å². The molecular formula is C102H80N4O8. The number of hydrogen-bond donors (Lipinski definition) is 0. The molecule has 0 atom stereocenters. The molecule has 0 fully saturated rings. The highest BCUT2D eigenvalue weighted by molar-refractivity contribution is 6.32. The molecule has 0 aliphatic rings. The summed E-state index contributed by atoms with van der Waals surface area (Å²) in [5.41, 5.74) is 10.2. The van der Waals surface area contributed by atoms with Crippen LogP contribution in [-0.4, -0.2) is 55.5 Å². The van der Waals surface area contributed by atoms with Crippen LogP contribution in [0, 0.1) is 0 Å². The molecule has 0 radical (unpaired) electrons. The lowest BCUT2D eigenvalue weighted by Gasteiger charge is -2.09. The van der Waals surface area contributed by atoms with Gasteiger partial charge in [0.1, 0.15) is 6.61 Å². The van der Waals surface area contributed by atoms with Crippen LogP contribution >= 0.6 is 0 Å². The first-order chi connectivity index (χ1) is 55.6. The molecule has 16 aromatic carbocycles. The maximum absolute atomic E-state index is 12.3. The monoisotopic (exact) mass is 1490 g/mol. The number of aryl methyl sites for hydroxylation is 1. The summed E-state index contributed by atoms with van der Waals surface area (Å²) in [5.74, 6) is -1.48. The summed E-state index contributed by atoms with van der Waals surface area (Å²) in [6.45, 7) is 23.6. The Morgan fingerprint density at radius 2 is 0.465 bits per heavy atom. The van der Waals surface area contributed by atoms with Gasteiger partial charge < -0.3 is 32.7 Å². The van der Waals surface area contributed by atoms with Gasteiger partial charge in [0.25, 0.3) is 0 Å². The molecule has 12 heteroatoms. The zero-order valence-corrected chi connectivity index (χ0v) is 63.8. The summed E-state index contributed by atoms with van der Waals surface area (Å²) in [7, 11) is 0. The highest BCUT2D eigenvalue weighted by Gasteiger charge is 2.23. The minimum Gasteiger partial charge on any atom is -0.462 e. The molecule has 0 unspecified atom stereocenters. The van der Waals surface area contributed by atoms with E-state index in [4.69, 9.17) is 19.0 Å². The number of hydrogen-bond acceptors (Lipinski definition) is 8. The van der Waals surface area contributed by atoms with Crippen LogP contribution in [0.15, 0.2) is 340 Å². The molecule has 4 aromatic heterocycles. The van der Waals surface area contributed by atoms with Crippen LogP contribution in [0.1, 0.15) is 34.1 Å². The predicted octanol–water partition coefficient (Wildman–Crippen LogP) is 24.6. The average molecular weight is 1490 g/mol. The molecule has 20 aromatic rings. The number of aromatic nitrogens is 4. The Bertz CT molecular complexity index is 7060.